The van der Waals surface area contributed by atoms with Gasteiger partial charge in [-0.2, -0.15) is 0 Å². The van der Waals surface area contributed by atoms with Crippen LogP contribution in [0.2, 0.25) is 0 Å². The standard InChI is InChI=1S/C35H44O14/c1-8-17(2)28(41)31(42)48-30-29(46-16-36)27(18(3)35(43)23(38)11-21(34(30,35)7)20-9-10-44-14-20)33(6)22-12-25(39)45-15-32(22,5)49-26(40)13-24(33)47-19(4)37/h9-10,14,16-17,21-22,24,27-30,41,43H,3,8,11-13,15H2,1-2,4-7H3/t17?,21-,22-,24+,27+,28?,29+,30-,32+,33+,34+,35+/m0/s1. The van der Waals surface area contributed by atoms with Gasteiger partial charge >= 0.3 is 23.9 Å². The number of esters is 4. The molecule has 0 bridgehead atoms. The van der Waals surface area contributed by atoms with E-state index < -0.39 is 106 Å². The summed E-state index contributed by atoms with van der Waals surface area (Å²) in [5.41, 5.74) is -7.14. The number of hydrogen-bond acceptors (Lipinski definition) is 14. The molecule has 0 spiro atoms. The van der Waals surface area contributed by atoms with Gasteiger partial charge in [-0.15, -0.1) is 0 Å². The molecule has 1 aromatic rings. The highest BCUT2D eigenvalue weighted by Gasteiger charge is 2.78. The number of carbonyl (C=O) groups excluding carboxylic acids is 6. The Morgan fingerprint density at radius 3 is 2.41 bits per heavy atom. The summed E-state index contributed by atoms with van der Waals surface area (Å²) in [7, 11) is 0. The predicted molar refractivity (Wildman–Crippen MR) is 165 cm³/mol. The lowest BCUT2D eigenvalue weighted by Gasteiger charge is -2.61. The second-order valence-electron chi connectivity index (χ2n) is 14.5. The fraction of sp³-hybridized carbons (Fsp3) is 0.657. The average Bonchev–Trinajstić information content (AvgIpc) is 3.63. The third kappa shape index (κ3) is 5.38. The first-order valence-corrected chi connectivity index (χ1v) is 16.4. The summed E-state index contributed by atoms with van der Waals surface area (Å²) in [5.74, 6) is -7.90. The number of Topliss-reactive ketones (excluding diaryl/α,β-unsaturated/α-hetero) is 1. The minimum atomic E-state index is -2.48. The van der Waals surface area contributed by atoms with Gasteiger partial charge < -0.3 is 38.3 Å². The van der Waals surface area contributed by atoms with Crippen molar-refractivity contribution in [3.8, 4) is 0 Å². The van der Waals surface area contributed by atoms with Crippen molar-refractivity contribution < 1.29 is 67.1 Å². The Balaban J connectivity index is 1.81. The second-order valence-corrected chi connectivity index (χ2v) is 14.5. The number of carbonyl (C=O) groups is 6. The molecule has 2 N–H and O–H groups in total. The molecule has 0 radical (unpaired) electrons. The van der Waals surface area contributed by atoms with Gasteiger partial charge in [-0.1, -0.05) is 40.7 Å². The summed E-state index contributed by atoms with van der Waals surface area (Å²) in [4.78, 5) is 79.3. The van der Waals surface area contributed by atoms with E-state index in [1.54, 1.807) is 33.8 Å². The van der Waals surface area contributed by atoms with E-state index in [9.17, 15) is 39.0 Å². The van der Waals surface area contributed by atoms with Gasteiger partial charge in [-0.3, -0.25) is 24.0 Å². The highest BCUT2D eigenvalue weighted by Crippen LogP contribution is 2.68. The molecule has 4 aliphatic rings. The number of aliphatic hydroxyl groups excluding tert-OH is 1. The van der Waals surface area contributed by atoms with Crippen LogP contribution in [0.15, 0.2) is 35.2 Å². The van der Waals surface area contributed by atoms with Gasteiger partial charge in [0.05, 0.1) is 30.8 Å². The van der Waals surface area contributed by atoms with Gasteiger partial charge in [0.15, 0.2) is 17.5 Å². The number of cyclic esters (lactones) is 1. The minimum Gasteiger partial charge on any atom is -0.472 e. The summed E-state index contributed by atoms with van der Waals surface area (Å²) in [5, 5.41) is 23.8. The number of ketones is 1. The summed E-state index contributed by atoms with van der Waals surface area (Å²) in [6.45, 7) is 13.2. The van der Waals surface area contributed by atoms with Gasteiger partial charge in [0, 0.05) is 36.5 Å². The first-order chi connectivity index (χ1) is 22.9. The fourth-order valence-corrected chi connectivity index (χ4v) is 9.11. The number of ether oxygens (including phenoxy) is 5. The maximum Gasteiger partial charge on any atom is 0.335 e. The van der Waals surface area contributed by atoms with Crippen molar-refractivity contribution in [3.63, 3.8) is 0 Å². The van der Waals surface area contributed by atoms with E-state index in [0.717, 1.165) is 6.92 Å². The molecule has 2 aliphatic carbocycles. The zero-order chi connectivity index (χ0) is 36.3. The van der Waals surface area contributed by atoms with Crippen LogP contribution in [0, 0.1) is 28.6 Å². The van der Waals surface area contributed by atoms with Crippen molar-refractivity contribution in [2.75, 3.05) is 6.61 Å². The molecule has 2 saturated heterocycles. The molecule has 3 heterocycles. The zero-order valence-electron chi connectivity index (χ0n) is 28.5. The summed E-state index contributed by atoms with van der Waals surface area (Å²) in [6, 6.07) is 1.59. The Morgan fingerprint density at radius 2 is 1.82 bits per heavy atom. The highest BCUT2D eigenvalue weighted by molar-refractivity contribution is 5.96. The van der Waals surface area contributed by atoms with Crippen molar-refractivity contribution in [2.24, 2.45) is 28.6 Å². The molecule has 268 valence electrons. The van der Waals surface area contributed by atoms with Crippen LogP contribution in [0.1, 0.15) is 78.7 Å². The molecule has 14 nitrogen and oxygen atoms in total. The summed E-state index contributed by atoms with van der Waals surface area (Å²) in [6.07, 6.45) is -4.22. The van der Waals surface area contributed by atoms with E-state index in [0.29, 0.717) is 12.0 Å². The van der Waals surface area contributed by atoms with Gasteiger partial charge in [0.2, 0.25) is 0 Å². The van der Waals surface area contributed by atoms with Crippen molar-refractivity contribution in [1.82, 2.24) is 0 Å². The van der Waals surface area contributed by atoms with Crippen molar-refractivity contribution in [2.45, 2.75) is 109 Å². The lowest BCUT2D eigenvalue weighted by atomic mass is 9.46. The Morgan fingerprint density at radius 1 is 1.12 bits per heavy atom. The van der Waals surface area contributed by atoms with Crippen LogP contribution in [-0.2, 0) is 52.5 Å². The maximum atomic E-state index is 14.3. The Bertz CT molecular complexity index is 1530. The number of hydrogen-bond donors (Lipinski definition) is 2. The first kappa shape index (κ1) is 36.2. The molecule has 4 fully saturated rings. The van der Waals surface area contributed by atoms with Crippen molar-refractivity contribution in [3.05, 3.63) is 36.3 Å². The molecule has 0 amide bonds. The van der Waals surface area contributed by atoms with Crippen LogP contribution in [0.4, 0.5) is 0 Å². The Kier molecular flexibility index (Phi) is 9.39. The van der Waals surface area contributed by atoms with Gasteiger partial charge in [-0.25, -0.2) is 4.79 Å². The molecular weight excluding hydrogens is 644 g/mol. The number of rotatable bonds is 9. The summed E-state index contributed by atoms with van der Waals surface area (Å²) >= 11 is 0. The normalized spacial score (nSPS) is 40.1. The van der Waals surface area contributed by atoms with Gasteiger partial charge in [0.1, 0.15) is 30.5 Å². The molecular formula is C35H44O14. The summed E-state index contributed by atoms with van der Waals surface area (Å²) < 4.78 is 34.2. The van der Waals surface area contributed by atoms with E-state index in [4.69, 9.17) is 28.1 Å². The third-order valence-corrected chi connectivity index (χ3v) is 11.9. The largest absolute Gasteiger partial charge is 0.472 e. The zero-order valence-corrected chi connectivity index (χ0v) is 28.5. The number of aliphatic hydroxyl groups is 2. The predicted octanol–water partition coefficient (Wildman–Crippen LogP) is 2.33. The van der Waals surface area contributed by atoms with Crippen LogP contribution in [0.25, 0.3) is 0 Å². The van der Waals surface area contributed by atoms with Crippen molar-refractivity contribution >= 4 is 36.1 Å². The van der Waals surface area contributed by atoms with Gasteiger partial charge in [0.25, 0.3) is 6.47 Å². The molecule has 14 heteroatoms. The Hall–Kier alpha value is -4.04. The third-order valence-electron chi connectivity index (χ3n) is 11.9. The average molecular weight is 689 g/mol. The van der Waals surface area contributed by atoms with E-state index in [1.165, 1.54) is 19.5 Å². The van der Waals surface area contributed by atoms with Gasteiger partial charge in [-0.05, 0) is 30.0 Å². The quantitative estimate of drug-likeness (QED) is 0.166. The second kappa shape index (κ2) is 12.7. The SMILES string of the molecule is C=C1[C@@H]([C@]2(C)[C@H]3CC(=O)OC[C@@]3(C)OC(=O)C[C@H]2OC(C)=O)[C@@H](OC=O)[C@H](OC(=O)C(O)C(C)CC)[C@@]2(C)[C@H](c3ccoc3)CC(=O)[C@]12O. The lowest BCUT2D eigenvalue weighted by Crippen LogP contribution is -2.72. The molecule has 5 rings (SSSR count). The van der Waals surface area contributed by atoms with Crippen LogP contribution in [-0.4, -0.2) is 88.6 Å². The van der Waals surface area contributed by atoms with E-state index in [-0.39, 0.29) is 31.5 Å². The van der Waals surface area contributed by atoms with Crippen molar-refractivity contribution in [1.29, 1.82) is 0 Å². The van der Waals surface area contributed by atoms with E-state index in [2.05, 4.69) is 6.58 Å². The van der Waals surface area contributed by atoms with Crippen LogP contribution in [0.5, 0.6) is 0 Å². The number of furan rings is 1. The van der Waals surface area contributed by atoms with E-state index >= 15 is 0 Å². The van der Waals surface area contributed by atoms with Crippen LogP contribution < -0.4 is 0 Å². The monoisotopic (exact) mass is 688 g/mol. The minimum absolute atomic E-state index is 0.116. The Labute approximate surface area is 283 Å². The smallest absolute Gasteiger partial charge is 0.335 e. The topological polar surface area (TPSA) is 202 Å². The molecule has 2 aliphatic heterocycles. The molecule has 2 saturated carbocycles. The van der Waals surface area contributed by atoms with Crippen LogP contribution in [0.3, 0.4) is 0 Å². The number of fused-ring (bicyclic) bond motifs is 2. The molecule has 1 aromatic heterocycles. The first-order valence-electron chi connectivity index (χ1n) is 16.4. The van der Waals surface area contributed by atoms with Crippen LogP contribution >= 0.6 is 0 Å². The van der Waals surface area contributed by atoms with E-state index in [1.807, 2.05) is 0 Å². The maximum absolute atomic E-state index is 14.3. The molecule has 49 heavy (non-hydrogen) atoms. The molecule has 2 unspecified atom stereocenters. The fourth-order valence-electron chi connectivity index (χ4n) is 9.11. The molecule has 12 atom stereocenters. The lowest BCUT2D eigenvalue weighted by molar-refractivity contribution is -0.242. The molecule has 0 aromatic carbocycles. The highest BCUT2D eigenvalue weighted by atomic mass is 16.6.